The summed E-state index contributed by atoms with van der Waals surface area (Å²) < 4.78 is 0. The molecule has 1 aliphatic carbocycles. The highest BCUT2D eigenvalue weighted by Crippen LogP contribution is 2.36. The van der Waals surface area contributed by atoms with Gasteiger partial charge in [-0.05, 0) is 49.1 Å². The van der Waals surface area contributed by atoms with Gasteiger partial charge in [0.05, 0.1) is 0 Å². The maximum absolute atomic E-state index is 3.43. The average Bonchev–Trinajstić information content (AvgIpc) is 2.34. The van der Waals surface area contributed by atoms with Gasteiger partial charge in [0.15, 0.2) is 0 Å². The number of benzene rings is 1. The van der Waals surface area contributed by atoms with Crippen LogP contribution in [0, 0.1) is 0 Å². The normalized spacial score (nSPS) is 17.4. The Hall–Kier alpha value is -0.470. The van der Waals surface area contributed by atoms with E-state index in [1.807, 2.05) is 11.8 Å². The SMILES string of the molecule is CCCSCC(NC)c1ccc(C2CCC2)cc1. The molecule has 1 nitrogen and oxygen atoms in total. The summed E-state index contributed by atoms with van der Waals surface area (Å²) in [4.78, 5) is 0. The lowest BCUT2D eigenvalue weighted by Crippen LogP contribution is -2.19. The van der Waals surface area contributed by atoms with E-state index in [1.165, 1.54) is 42.8 Å². The summed E-state index contributed by atoms with van der Waals surface area (Å²) in [7, 11) is 2.07. The minimum Gasteiger partial charge on any atom is -0.312 e. The molecule has 1 saturated carbocycles. The molecule has 18 heavy (non-hydrogen) atoms. The predicted octanol–water partition coefficient (Wildman–Crippen LogP) is 4.36. The van der Waals surface area contributed by atoms with Crippen molar-refractivity contribution in [2.24, 2.45) is 0 Å². The molecule has 0 radical (unpaired) electrons. The van der Waals surface area contributed by atoms with Crippen LogP contribution in [0.25, 0.3) is 0 Å². The van der Waals surface area contributed by atoms with Crippen molar-refractivity contribution in [2.75, 3.05) is 18.6 Å². The van der Waals surface area contributed by atoms with Crippen molar-refractivity contribution in [1.29, 1.82) is 0 Å². The summed E-state index contributed by atoms with van der Waals surface area (Å²) in [6, 6.07) is 9.82. The summed E-state index contributed by atoms with van der Waals surface area (Å²) in [5.41, 5.74) is 2.98. The number of thioether (sulfide) groups is 1. The highest BCUT2D eigenvalue weighted by Gasteiger charge is 2.19. The van der Waals surface area contributed by atoms with E-state index in [0.717, 1.165) is 5.92 Å². The number of hydrogen-bond acceptors (Lipinski definition) is 2. The van der Waals surface area contributed by atoms with Crippen LogP contribution in [0.2, 0.25) is 0 Å². The van der Waals surface area contributed by atoms with E-state index in [4.69, 9.17) is 0 Å². The highest BCUT2D eigenvalue weighted by molar-refractivity contribution is 7.99. The molecule has 1 atom stereocenters. The number of hydrogen-bond donors (Lipinski definition) is 1. The van der Waals surface area contributed by atoms with Gasteiger partial charge < -0.3 is 5.32 Å². The Morgan fingerprint density at radius 3 is 2.50 bits per heavy atom. The molecule has 1 aliphatic rings. The van der Waals surface area contributed by atoms with Crippen molar-refractivity contribution in [1.82, 2.24) is 5.32 Å². The molecule has 1 fully saturated rings. The summed E-state index contributed by atoms with van der Waals surface area (Å²) in [6.07, 6.45) is 5.46. The first-order valence-corrected chi connectivity index (χ1v) is 8.35. The third-order valence-corrected chi connectivity index (χ3v) is 5.16. The molecule has 2 rings (SSSR count). The number of rotatable bonds is 7. The quantitative estimate of drug-likeness (QED) is 0.734. The first-order chi connectivity index (χ1) is 8.85. The molecule has 0 bridgehead atoms. The summed E-state index contributed by atoms with van der Waals surface area (Å²) in [5, 5.41) is 3.43. The van der Waals surface area contributed by atoms with Gasteiger partial charge in [-0.15, -0.1) is 0 Å². The van der Waals surface area contributed by atoms with Crippen LogP contribution in [0.15, 0.2) is 24.3 Å². The Morgan fingerprint density at radius 1 is 1.28 bits per heavy atom. The zero-order chi connectivity index (χ0) is 12.8. The minimum absolute atomic E-state index is 0.497. The van der Waals surface area contributed by atoms with Crippen molar-refractivity contribution < 1.29 is 0 Å². The maximum Gasteiger partial charge on any atom is 0.0409 e. The molecule has 1 unspecified atom stereocenters. The molecule has 0 heterocycles. The molecule has 0 amide bonds. The fourth-order valence-corrected chi connectivity index (χ4v) is 3.48. The molecule has 0 aromatic heterocycles. The fourth-order valence-electron chi connectivity index (χ4n) is 2.43. The van der Waals surface area contributed by atoms with Crippen molar-refractivity contribution >= 4 is 11.8 Å². The van der Waals surface area contributed by atoms with Gasteiger partial charge in [-0.25, -0.2) is 0 Å². The van der Waals surface area contributed by atoms with Crippen LogP contribution in [-0.4, -0.2) is 18.6 Å². The lowest BCUT2D eigenvalue weighted by Gasteiger charge is -2.26. The highest BCUT2D eigenvalue weighted by atomic mass is 32.2. The van der Waals surface area contributed by atoms with Gasteiger partial charge in [0, 0.05) is 11.8 Å². The second kappa shape index (κ2) is 7.20. The zero-order valence-corrected chi connectivity index (χ0v) is 12.4. The van der Waals surface area contributed by atoms with E-state index < -0.39 is 0 Å². The van der Waals surface area contributed by atoms with E-state index in [1.54, 1.807) is 5.56 Å². The molecular formula is C16H25NS. The smallest absolute Gasteiger partial charge is 0.0409 e. The first kappa shape index (κ1) is 14.0. The third kappa shape index (κ3) is 3.52. The van der Waals surface area contributed by atoms with Crippen LogP contribution in [0.1, 0.15) is 55.7 Å². The fraction of sp³-hybridized carbons (Fsp3) is 0.625. The molecule has 0 aliphatic heterocycles. The molecule has 1 aromatic rings. The van der Waals surface area contributed by atoms with E-state index in [-0.39, 0.29) is 0 Å². The first-order valence-electron chi connectivity index (χ1n) is 7.20. The maximum atomic E-state index is 3.43. The van der Waals surface area contributed by atoms with Gasteiger partial charge in [0.1, 0.15) is 0 Å². The van der Waals surface area contributed by atoms with Gasteiger partial charge in [-0.2, -0.15) is 11.8 Å². The molecule has 0 spiro atoms. The molecule has 2 heteroatoms. The van der Waals surface area contributed by atoms with Crippen molar-refractivity contribution in [3.05, 3.63) is 35.4 Å². The molecule has 1 N–H and O–H groups in total. The van der Waals surface area contributed by atoms with Gasteiger partial charge >= 0.3 is 0 Å². The average molecular weight is 263 g/mol. The van der Waals surface area contributed by atoms with Gasteiger partial charge in [0.25, 0.3) is 0 Å². The lowest BCUT2D eigenvalue weighted by molar-refractivity contribution is 0.419. The van der Waals surface area contributed by atoms with Crippen LogP contribution in [0.4, 0.5) is 0 Å². The lowest BCUT2D eigenvalue weighted by atomic mass is 9.80. The van der Waals surface area contributed by atoms with E-state index in [0.29, 0.717) is 6.04 Å². The Kier molecular flexibility index (Phi) is 5.58. The Balaban J connectivity index is 1.93. The van der Waals surface area contributed by atoms with Crippen LogP contribution in [-0.2, 0) is 0 Å². The topological polar surface area (TPSA) is 12.0 Å². The summed E-state index contributed by atoms with van der Waals surface area (Å²) in [5.74, 6) is 3.28. The van der Waals surface area contributed by atoms with Crippen LogP contribution < -0.4 is 5.32 Å². The molecular weight excluding hydrogens is 238 g/mol. The van der Waals surface area contributed by atoms with Crippen LogP contribution in [0.3, 0.4) is 0 Å². The van der Waals surface area contributed by atoms with Crippen LogP contribution in [0.5, 0.6) is 0 Å². The summed E-state index contributed by atoms with van der Waals surface area (Å²) >= 11 is 2.04. The van der Waals surface area contributed by atoms with E-state index in [2.05, 4.69) is 43.6 Å². The predicted molar refractivity (Wildman–Crippen MR) is 82.5 cm³/mol. The van der Waals surface area contributed by atoms with Crippen LogP contribution >= 0.6 is 11.8 Å². The summed E-state index contributed by atoms with van der Waals surface area (Å²) in [6.45, 7) is 2.24. The van der Waals surface area contributed by atoms with Gasteiger partial charge in [0.2, 0.25) is 0 Å². The molecule has 0 saturated heterocycles. The van der Waals surface area contributed by atoms with Crippen molar-refractivity contribution in [2.45, 2.75) is 44.6 Å². The second-order valence-electron chi connectivity index (χ2n) is 5.21. The van der Waals surface area contributed by atoms with Gasteiger partial charge in [-0.1, -0.05) is 37.6 Å². The molecule has 100 valence electrons. The second-order valence-corrected chi connectivity index (χ2v) is 6.36. The Bertz CT molecular complexity index is 343. The molecule has 1 aromatic carbocycles. The van der Waals surface area contributed by atoms with Gasteiger partial charge in [-0.3, -0.25) is 0 Å². The standard InChI is InChI=1S/C16H25NS/c1-3-11-18-12-16(17-2)15-9-7-14(8-10-15)13-5-4-6-13/h7-10,13,16-17H,3-6,11-12H2,1-2H3. The largest absolute Gasteiger partial charge is 0.312 e. The Labute approximate surface area is 116 Å². The monoisotopic (exact) mass is 263 g/mol. The van der Waals surface area contributed by atoms with Crippen molar-refractivity contribution in [3.8, 4) is 0 Å². The van der Waals surface area contributed by atoms with E-state index >= 15 is 0 Å². The van der Waals surface area contributed by atoms with E-state index in [9.17, 15) is 0 Å². The minimum atomic E-state index is 0.497. The number of nitrogens with one attached hydrogen (secondary N) is 1. The van der Waals surface area contributed by atoms with Crippen molar-refractivity contribution in [3.63, 3.8) is 0 Å². The Morgan fingerprint density at radius 2 is 2.00 bits per heavy atom. The third-order valence-electron chi connectivity index (χ3n) is 3.90. The zero-order valence-electron chi connectivity index (χ0n) is 11.6.